The third kappa shape index (κ3) is 4.43. The number of nitrogens with one attached hydrogen (secondary N) is 1. The van der Waals surface area contributed by atoms with Gasteiger partial charge in [0.2, 0.25) is 5.95 Å². The topological polar surface area (TPSA) is 108 Å². The number of carbonyl (C=O) groups excluding carboxylic acids is 1. The molecular weight excluding hydrogens is 444 g/mol. The van der Waals surface area contributed by atoms with E-state index in [0.717, 1.165) is 29.2 Å². The minimum Gasteiger partial charge on any atom is -0.530 e. The summed E-state index contributed by atoms with van der Waals surface area (Å²) in [5, 5.41) is 20.1. The molecule has 1 amide bonds. The summed E-state index contributed by atoms with van der Waals surface area (Å²) in [5.41, 5.74) is 1.69. The van der Waals surface area contributed by atoms with Crippen LogP contribution in [-0.2, 0) is 13.1 Å². The van der Waals surface area contributed by atoms with Crippen molar-refractivity contribution in [3.05, 3.63) is 64.6 Å². The maximum Gasteiger partial charge on any atom is 0.293 e. The predicted molar refractivity (Wildman–Crippen MR) is 132 cm³/mol. The molecule has 1 aliphatic heterocycles. The van der Waals surface area contributed by atoms with Crippen LogP contribution in [0.25, 0.3) is 21.8 Å². The molecule has 9 heteroatoms. The van der Waals surface area contributed by atoms with Crippen molar-refractivity contribution in [2.45, 2.75) is 38.9 Å². The van der Waals surface area contributed by atoms with Gasteiger partial charge in [0.15, 0.2) is 0 Å². The number of amides is 1. The maximum absolute atomic E-state index is 13.6. The number of benzene rings is 2. The van der Waals surface area contributed by atoms with E-state index in [9.17, 15) is 14.7 Å². The van der Waals surface area contributed by atoms with Crippen molar-refractivity contribution in [2.24, 2.45) is 0 Å². The molecule has 3 heterocycles. The Morgan fingerprint density at radius 2 is 2.06 bits per heavy atom. The molecule has 2 aromatic carbocycles. The molecule has 0 radical (unpaired) electrons. The number of imidazole rings is 1. The SMILES string of the molecule is CC#CCn1c(N2CCCC(NC(=O)[O-])C2)nc2cnn(Cc3cccc4ccccc34)c(=O)c21. The van der Waals surface area contributed by atoms with E-state index in [2.05, 4.69) is 22.3 Å². The lowest BCUT2D eigenvalue weighted by molar-refractivity contribution is -0.251. The van der Waals surface area contributed by atoms with Crippen LogP contribution < -0.4 is 20.9 Å². The molecule has 0 spiro atoms. The first-order valence-corrected chi connectivity index (χ1v) is 11.6. The number of hydrogen-bond acceptors (Lipinski definition) is 6. The van der Waals surface area contributed by atoms with Gasteiger partial charge in [-0.05, 0) is 36.1 Å². The van der Waals surface area contributed by atoms with Gasteiger partial charge in [0.05, 0.1) is 19.3 Å². The fourth-order valence-electron chi connectivity index (χ4n) is 4.77. The second-order valence-electron chi connectivity index (χ2n) is 8.62. The fraction of sp³-hybridized carbons (Fsp3) is 0.308. The maximum atomic E-state index is 13.6. The van der Waals surface area contributed by atoms with Crippen LogP contribution in [0.15, 0.2) is 53.5 Å². The van der Waals surface area contributed by atoms with Gasteiger partial charge in [0, 0.05) is 19.1 Å². The fourth-order valence-corrected chi connectivity index (χ4v) is 4.77. The first-order chi connectivity index (χ1) is 17.0. The largest absolute Gasteiger partial charge is 0.530 e. The van der Waals surface area contributed by atoms with Crippen molar-refractivity contribution in [1.29, 1.82) is 0 Å². The Hall–Kier alpha value is -4.32. The van der Waals surface area contributed by atoms with Gasteiger partial charge in [-0.25, -0.2) is 9.67 Å². The van der Waals surface area contributed by atoms with Crippen LogP contribution in [0, 0.1) is 11.8 Å². The van der Waals surface area contributed by atoms with E-state index in [1.165, 1.54) is 4.68 Å². The third-order valence-corrected chi connectivity index (χ3v) is 6.37. The molecule has 1 atom stereocenters. The molecule has 0 saturated carbocycles. The minimum atomic E-state index is -1.29. The molecule has 2 aromatic heterocycles. The molecule has 1 saturated heterocycles. The van der Waals surface area contributed by atoms with E-state index >= 15 is 0 Å². The first kappa shape index (κ1) is 22.5. The van der Waals surface area contributed by atoms with E-state index < -0.39 is 6.09 Å². The van der Waals surface area contributed by atoms with Crippen molar-refractivity contribution in [3.63, 3.8) is 0 Å². The van der Waals surface area contributed by atoms with Crippen molar-refractivity contribution in [2.75, 3.05) is 18.0 Å². The Morgan fingerprint density at radius 1 is 1.23 bits per heavy atom. The molecule has 1 aliphatic rings. The number of piperidine rings is 1. The normalized spacial score (nSPS) is 15.7. The highest BCUT2D eigenvalue weighted by atomic mass is 16.4. The average Bonchev–Trinajstić information content (AvgIpc) is 3.23. The van der Waals surface area contributed by atoms with Gasteiger partial charge >= 0.3 is 0 Å². The van der Waals surface area contributed by atoms with Crippen molar-refractivity contribution >= 4 is 33.8 Å². The van der Waals surface area contributed by atoms with Crippen LogP contribution in [-0.4, -0.2) is 44.6 Å². The molecular formula is C26H25N6O3-. The first-order valence-electron chi connectivity index (χ1n) is 11.6. The lowest BCUT2D eigenvalue weighted by atomic mass is 10.0. The summed E-state index contributed by atoms with van der Waals surface area (Å²) in [6.07, 6.45) is 1.83. The number of carbonyl (C=O) groups is 1. The standard InChI is InChI=1S/C26H26N6O3/c1-2-3-14-31-23-22(29-25(31)30-13-7-11-20(17-30)28-26(34)35)15-27-32(24(23)33)16-19-10-6-9-18-8-4-5-12-21(18)19/h4-6,8-10,12,15,20,28H,7,11,13-14,16-17H2,1H3,(H,34,35)/p-1. The minimum absolute atomic E-state index is 0.242. The van der Waals surface area contributed by atoms with Gasteiger partial charge in [-0.3, -0.25) is 9.36 Å². The van der Waals surface area contributed by atoms with E-state index in [1.807, 2.05) is 51.9 Å². The summed E-state index contributed by atoms with van der Waals surface area (Å²) in [6.45, 7) is 3.52. The third-order valence-electron chi connectivity index (χ3n) is 6.37. The predicted octanol–water partition coefficient (Wildman–Crippen LogP) is 1.72. The Labute approximate surface area is 202 Å². The summed E-state index contributed by atoms with van der Waals surface area (Å²) in [7, 11) is 0. The van der Waals surface area contributed by atoms with Gasteiger partial charge in [0.1, 0.15) is 17.1 Å². The van der Waals surface area contributed by atoms with Crippen LogP contribution in [0.3, 0.4) is 0 Å². The second kappa shape index (κ2) is 9.50. The quantitative estimate of drug-likeness (QED) is 0.446. The van der Waals surface area contributed by atoms with Crippen molar-refractivity contribution in [1.82, 2.24) is 24.6 Å². The number of carboxylic acid groups (broad SMARTS) is 1. The van der Waals surface area contributed by atoms with Crippen LogP contribution >= 0.6 is 0 Å². The summed E-state index contributed by atoms with van der Waals surface area (Å²) in [6, 6.07) is 13.8. The number of hydrogen-bond donors (Lipinski definition) is 1. The van der Waals surface area contributed by atoms with Crippen molar-refractivity contribution in [3.8, 4) is 11.8 Å². The Morgan fingerprint density at radius 3 is 2.89 bits per heavy atom. The molecule has 35 heavy (non-hydrogen) atoms. The molecule has 1 unspecified atom stereocenters. The molecule has 0 bridgehead atoms. The Balaban J connectivity index is 1.57. The van der Waals surface area contributed by atoms with Gasteiger partial charge in [-0.15, -0.1) is 5.92 Å². The Bertz CT molecular complexity index is 1520. The number of rotatable bonds is 5. The van der Waals surface area contributed by atoms with Gasteiger partial charge in [0.25, 0.3) is 5.56 Å². The molecule has 9 nitrogen and oxygen atoms in total. The number of nitrogens with zero attached hydrogens (tertiary/aromatic N) is 5. The summed E-state index contributed by atoms with van der Waals surface area (Å²) in [5.74, 6) is 6.53. The van der Waals surface area contributed by atoms with Gasteiger partial charge in [-0.2, -0.15) is 5.10 Å². The monoisotopic (exact) mass is 469 g/mol. The summed E-state index contributed by atoms with van der Waals surface area (Å²) in [4.78, 5) is 31.4. The van der Waals surface area contributed by atoms with Crippen LogP contribution in [0.2, 0.25) is 0 Å². The summed E-state index contributed by atoms with van der Waals surface area (Å²) < 4.78 is 3.28. The van der Waals surface area contributed by atoms with Crippen LogP contribution in [0.1, 0.15) is 25.3 Å². The second-order valence-corrected chi connectivity index (χ2v) is 8.62. The molecule has 0 aliphatic carbocycles. The molecule has 4 aromatic rings. The van der Waals surface area contributed by atoms with E-state index in [1.54, 1.807) is 13.1 Å². The zero-order valence-electron chi connectivity index (χ0n) is 19.4. The van der Waals surface area contributed by atoms with Gasteiger partial charge in [-0.1, -0.05) is 48.4 Å². The number of fused-ring (bicyclic) bond motifs is 2. The molecule has 178 valence electrons. The van der Waals surface area contributed by atoms with E-state index in [0.29, 0.717) is 43.2 Å². The Kier molecular flexibility index (Phi) is 6.10. The lowest BCUT2D eigenvalue weighted by Gasteiger charge is -2.34. The summed E-state index contributed by atoms with van der Waals surface area (Å²) >= 11 is 0. The van der Waals surface area contributed by atoms with Crippen LogP contribution in [0.4, 0.5) is 10.7 Å². The average molecular weight is 470 g/mol. The van der Waals surface area contributed by atoms with Crippen molar-refractivity contribution < 1.29 is 9.90 Å². The highest BCUT2D eigenvalue weighted by Gasteiger charge is 2.26. The number of aromatic nitrogens is 4. The molecule has 1 N–H and O–H groups in total. The van der Waals surface area contributed by atoms with Crippen LogP contribution in [0.5, 0.6) is 0 Å². The zero-order valence-corrected chi connectivity index (χ0v) is 19.4. The zero-order chi connectivity index (χ0) is 24.4. The van der Waals surface area contributed by atoms with Gasteiger partial charge < -0.3 is 20.1 Å². The number of anilines is 1. The van der Waals surface area contributed by atoms with E-state index in [-0.39, 0.29) is 11.6 Å². The lowest BCUT2D eigenvalue weighted by Crippen LogP contribution is -2.51. The van der Waals surface area contributed by atoms with E-state index in [4.69, 9.17) is 4.98 Å². The molecule has 5 rings (SSSR count). The highest BCUT2D eigenvalue weighted by Crippen LogP contribution is 2.24. The molecule has 1 fully saturated rings. The smallest absolute Gasteiger partial charge is 0.293 e. The highest BCUT2D eigenvalue weighted by molar-refractivity contribution is 5.85.